The smallest absolute Gasteiger partial charge is 0.251 e. The molecule has 3 fully saturated rings. The summed E-state index contributed by atoms with van der Waals surface area (Å²) in [6, 6.07) is 8.39. The molecule has 1 saturated carbocycles. The van der Waals surface area contributed by atoms with Gasteiger partial charge < -0.3 is 14.8 Å². The first-order valence-corrected chi connectivity index (χ1v) is 11.2. The molecule has 1 aliphatic carbocycles. The Hall–Kier alpha value is -2.76. The lowest BCUT2D eigenvalue weighted by Crippen LogP contribution is -2.44. The van der Waals surface area contributed by atoms with Crippen LogP contribution < -0.4 is 5.32 Å². The van der Waals surface area contributed by atoms with E-state index in [0.717, 1.165) is 18.0 Å². The average molecular weight is 422 g/mol. The molecule has 1 N–H and O–H groups in total. The molecule has 3 aliphatic rings. The van der Waals surface area contributed by atoms with Crippen molar-refractivity contribution in [3.63, 3.8) is 0 Å². The molecule has 4 atom stereocenters. The second-order valence-corrected chi connectivity index (χ2v) is 8.83. The molecule has 2 aliphatic heterocycles. The number of rotatable bonds is 5. The van der Waals surface area contributed by atoms with Crippen molar-refractivity contribution < 1.29 is 14.3 Å². The summed E-state index contributed by atoms with van der Waals surface area (Å²) in [5.74, 6) is 0.525. The molecular formula is C23H27N5O3. The summed E-state index contributed by atoms with van der Waals surface area (Å²) in [6.45, 7) is 0.891. The molecule has 3 heterocycles. The summed E-state index contributed by atoms with van der Waals surface area (Å²) in [5, 5.41) is 20.7. The number of hydrogen-bond donors (Lipinski definition) is 1. The Morgan fingerprint density at radius 1 is 1.13 bits per heavy atom. The molecule has 8 heteroatoms. The quantitative estimate of drug-likeness (QED) is 0.795. The van der Waals surface area contributed by atoms with Crippen molar-refractivity contribution in [2.45, 2.75) is 62.8 Å². The van der Waals surface area contributed by atoms with Crippen molar-refractivity contribution in [1.29, 1.82) is 5.26 Å². The predicted octanol–water partition coefficient (Wildman–Crippen LogP) is 2.41. The first-order chi connectivity index (χ1) is 15.2. The largest absolute Gasteiger partial charge is 0.371 e. The van der Waals surface area contributed by atoms with Crippen LogP contribution in [0, 0.1) is 17.2 Å². The molecule has 1 amide bonds. The molecule has 0 radical (unpaired) electrons. The highest BCUT2D eigenvalue weighted by Gasteiger charge is 2.49. The molecule has 0 unspecified atom stereocenters. The number of amides is 1. The second-order valence-electron chi connectivity index (χ2n) is 8.83. The normalized spacial score (nSPS) is 28.2. The standard InChI is InChI=1S/C23H27N5O3/c24-11-16-6-8-17(9-7-16)23(29)25-19-13-30-22-20(14-31-21(19)22)28-12-18(26-27-28)10-15-4-2-1-3-5-15/h6-9,12,15,19-22H,1-5,10,13-14H2,(H,25,29)/t19-,20-,21+,22+/m0/s1. The van der Waals surface area contributed by atoms with Crippen LogP contribution in [0.2, 0.25) is 0 Å². The third-order valence-electron chi connectivity index (χ3n) is 6.74. The fraction of sp³-hybridized carbons (Fsp3) is 0.565. The SMILES string of the molecule is N#Cc1ccc(C(=O)N[C@H]2CO[C@H]3[C@@H]2OC[C@@H]3n2cc(CC3CCCCC3)nn2)cc1. The Bertz CT molecular complexity index is 960. The number of carbonyl (C=O) groups is 1. The lowest BCUT2D eigenvalue weighted by molar-refractivity contribution is 0.0613. The lowest BCUT2D eigenvalue weighted by Gasteiger charge is -2.20. The first-order valence-electron chi connectivity index (χ1n) is 11.2. The van der Waals surface area contributed by atoms with Crippen LogP contribution in [0.5, 0.6) is 0 Å². The number of ether oxygens (including phenoxy) is 2. The topological polar surface area (TPSA) is 102 Å². The van der Waals surface area contributed by atoms with Crippen LogP contribution >= 0.6 is 0 Å². The minimum absolute atomic E-state index is 0.0329. The summed E-state index contributed by atoms with van der Waals surface area (Å²) in [7, 11) is 0. The molecule has 162 valence electrons. The number of carbonyl (C=O) groups excluding carboxylic acids is 1. The van der Waals surface area contributed by atoms with E-state index < -0.39 is 0 Å². The maximum absolute atomic E-state index is 12.6. The lowest BCUT2D eigenvalue weighted by atomic mass is 9.86. The highest BCUT2D eigenvalue weighted by Crippen LogP contribution is 2.34. The van der Waals surface area contributed by atoms with Crippen molar-refractivity contribution in [2.75, 3.05) is 13.2 Å². The molecule has 8 nitrogen and oxygen atoms in total. The van der Waals surface area contributed by atoms with Crippen LogP contribution in [0.25, 0.3) is 0 Å². The van der Waals surface area contributed by atoms with Crippen LogP contribution in [0.4, 0.5) is 0 Å². The van der Waals surface area contributed by atoms with Gasteiger partial charge in [-0.05, 0) is 36.6 Å². The fourth-order valence-electron chi connectivity index (χ4n) is 5.03. The zero-order valence-electron chi connectivity index (χ0n) is 17.4. The van der Waals surface area contributed by atoms with Crippen LogP contribution in [0.15, 0.2) is 30.5 Å². The van der Waals surface area contributed by atoms with E-state index in [0.29, 0.717) is 24.3 Å². The van der Waals surface area contributed by atoms with E-state index in [-0.39, 0.29) is 30.2 Å². The van der Waals surface area contributed by atoms with E-state index in [1.807, 2.05) is 10.9 Å². The number of nitriles is 1. The summed E-state index contributed by atoms with van der Waals surface area (Å²) in [5.41, 5.74) is 2.08. The van der Waals surface area contributed by atoms with E-state index in [2.05, 4.69) is 21.7 Å². The van der Waals surface area contributed by atoms with Gasteiger partial charge in [-0.2, -0.15) is 5.26 Å². The fourth-order valence-corrected chi connectivity index (χ4v) is 5.03. The highest BCUT2D eigenvalue weighted by molar-refractivity contribution is 5.94. The average Bonchev–Trinajstić information content (AvgIpc) is 3.52. The molecule has 2 saturated heterocycles. The van der Waals surface area contributed by atoms with Gasteiger partial charge in [0.2, 0.25) is 0 Å². The van der Waals surface area contributed by atoms with Crippen molar-refractivity contribution in [3.05, 3.63) is 47.3 Å². The van der Waals surface area contributed by atoms with Gasteiger partial charge in [0, 0.05) is 11.8 Å². The summed E-state index contributed by atoms with van der Waals surface area (Å²) in [4.78, 5) is 12.6. The Kier molecular flexibility index (Phi) is 5.70. The Morgan fingerprint density at radius 3 is 2.68 bits per heavy atom. The van der Waals surface area contributed by atoms with Crippen LogP contribution in [-0.4, -0.2) is 52.4 Å². The molecule has 5 rings (SSSR count). The number of aromatic nitrogens is 3. The third-order valence-corrected chi connectivity index (χ3v) is 6.74. The Balaban J connectivity index is 1.20. The predicted molar refractivity (Wildman–Crippen MR) is 111 cm³/mol. The van der Waals surface area contributed by atoms with E-state index in [1.54, 1.807) is 24.3 Å². The first kappa shape index (κ1) is 20.2. The van der Waals surface area contributed by atoms with E-state index >= 15 is 0 Å². The van der Waals surface area contributed by atoms with Gasteiger partial charge in [-0.3, -0.25) is 4.79 Å². The molecule has 1 aromatic heterocycles. The summed E-state index contributed by atoms with van der Waals surface area (Å²) < 4.78 is 13.9. The van der Waals surface area contributed by atoms with Gasteiger partial charge >= 0.3 is 0 Å². The van der Waals surface area contributed by atoms with Gasteiger partial charge in [0.15, 0.2) is 0 Å². The van der Waals surface area contributed by atoms with Crippen molar-refractivity contribution in [3.8, 4) is 6.07 Å². The Morgan fingerprint density at radius 2 is 1.90 bits per heavy atom. The van der Waals surface area contributed by atoms with Crippen LogP contribution in [-0.2, 0) is 15.9 Å². The van der Waals surface area contributed by atoms with Gasteiger partial charge in [0.05, 0.1) is 36.6 Å². The van der Waals surface area contributed by atoms with Crippen molar-refractivity contribution >= 4 is 5.91 Å². The minimum atomic E-state index is -0.219. The Labute approximate surface area is 181 Å². The van der Waals surface area contributed by atoms with Crippen molar-refractivity contribution in [2.24, 2.45) is 5.92 Å². The number of benzene rings is 1. The summed E-state index contributed by atoms with van der Waals surface area (Å²) in [6.07, 6.45) is 9.23. The van der Waals surface area contributed by atoms with E-state index in [1.165, 1.54) is 32.1 Å². The van der Waals surface area contributed by atoms with Gasteiger partial charge in [-0.15, -0.1) is 5.10 Å². The van der Waals surface area contributed by atoms with Gasteiger partial charge in [-0.1, -0.05) is 37.3 Å². The number of hydrogen-bond acceptors (Lipinski definition) is 6. The maximum Gasteiger partial charge on any atom is 0.251 e. The third kappa shape index (κ3) is 4.21. The maximum atomic E-state index is 12.6. The molecular weight excluding hydrogens is 394 g/mol. The van der Waals surface area contributed by atoms with Gasteiger partial charge in [0.1, 0.15) is 18.2 Å². The van der Waals surface area contributed by atoms with Crippen molar-refractivity contribution in [1.82, 2.24) is 20.3 Å². The van der Waals surface area contributed by atoms with Crippen LogP contribution in [0.1, 0.15) is 59.8 Å². The van der Waals surface area contributed by atoms with E-state index in [9.17, 15) is 4.79 Å². The molecule has 31 heavy (non-hydrogen) atoms. The zero-order valence-corrected chi connectivity index (χ0v) is 17.4. The molecule has 2 aromatic rings. The molecule has 0 bridgehead atoms. The van der Waals surface area contributed by atoms with Gasteiger partial charge in [0.25, 0.3) is 5.91 Å². The molecule has 0 spiro atoms. The minimum Gasteiger partial charge on any atom is -0.371 e. The monoisotopic (exact) mass is 421 g/mol. The number of nitrogens with zero attached hydrogens (tertiary/aromatic N) is 4. The second kappa shape index (κ2) is 8.77. The van der Waals surface area contributed by atoms with E-state index in [4.69, 9.17) is 14.7 Å². The van der Waals surface area contributed by atoms with Crippen LogP contribution in [0.3, 0.4) is 0 Å². The van der Waals surface area contributed by atoms with Gasteiger partial charge in [-0.25, -0.2) is 4.68 Å². The number of nitrogens with one attached hydrogen (secondary N) is 1. The highest BCUT2D eigenvalue weighted by atomic mass is 16.6. The summed E-state index contributed by atoms with van der Waals surface area (Å²) >= 11 is 0. The molecule has 1 aromatic carbocycles. The zero-order chi connectivity index (χ0) is 21.2. The number of fused-ring (bicyclic) bond motifs is 1.